The van der Waals surface area contributed by atoms with Gasteiger partial charge in [0, 0.05) is 24.3 Å². The Kier molecular flexibility index (Phi) is 2.63. The van der Waals surface area contributed by atoms with E-state index in [-0.39, 0.29) is 17.3 Å². The van der Waals surface area contributed by atoms with E-state index in [1.807, 2.05) is 6.92 Å². The number of carbonyl (C=O) groups is 1. The Balaban J connectivity index is 2.25. The number of ketones is 1. The first kappa shape index (κ1) is 11.0. The summed E-state index contributed by atoms with van der Waals surface area (Å²) in [4.78, 5) is 11.5. The van der Waals surface area contributed by atoms with Crippen molar-refractivity contribution in [3.05, 3.63) is 24.0 Å². The zero-order valence-electron chi connectivity index (χ0n) is 9.58. The lowest BCUT2D eigenvalue weighted by Crippen LogP contribution is -2.32. The molecule has 0 saturated carbocycles. The summed E-state index contributed by atoms with van der Waals surface area (Å²) in [5.74, 6) is 3.59. The predicted octanol–water partition coefficient (Wildman–Crippen LogP) is 2.61. The molecule has 0 bridgehead atoms. The molecule has 0 N–H and O–H groups in total. The Morgan fingerprint density at radius 1 is 1.81 bits per heavy atom. The first-order valence-electron chi connectivity index (χ1n) is 5.58. The maximum Gasteiger partial charge on any atom is 0.160 e. The Morgan fingerprint density at radius 2 is 2.56 bits per heavy atom. The standard InChI is InChI=1S/C14H16O2/c1-4-6-14-7-5-12(10(2)3)16-13(14)8-11(15)9-14/h1,8,12H,2,5-7,9H2,3H3/t12-,14-/m0/s1. The average molecular weight is 216 g/mol. The second-order valence-corrected chi connectivity index (χ2v) is 4.80. The molecule has 2 heteroatoms. The summed E-state index contributed by atoms with van der Waals surface area (Å²) in [5.41, 5.74) is 0.798. The average Bonchev–Trinajstić information content (AvgIpc) is 2.52. The molecule has 1 aliphatic heterocycles. The fourth-order valence-electron chi connectivity index (χ4n) is 2.54. The highest BCUT2D eigenvalue weighted by Gasteiger charge is 2.46. The lowest BCUT2D eigenvalue weighted by atomic mass is 9.75. The predicted molar refractivity (Wildman–Crippen MR) is 62.5 cm³/mol. The van der Waals surface area contributed by atoms with Crippen molar-refractivity contribution in [3.63, 3.8) is 0 Å². The van der Waals surface area contributed by atoms with Gasteiger partial charge in [0.15, 0.2) is 5.78 Å². The molecule has 84 valence electrons. The van der Waals surface area contributed by atoms with Crippen molar-refractivity contribution in [2.45, 2.75) is 38.7 Å². The molecule has 0 spiro atoms. The molecule has 2 aliphatic rings. The van der Waals surface area contributed by atoms with Gasteiger partial charge in [0.05, 0.1) is 0 Å². The second-order valence-electron chi connectivity index (χ2n) is 4.80. The van der Waals surface area contributed by atoms with Gasteiger partial charge in [0.1, 0.15) is 11.9 Å². The molecule has 0 aromatic heterocycles. The number of hydrogen-bond acceptors (Lipinski definition) is 2. The zero-order valence-corrected chi connectivity index (χ0v) is 9.58. The molecule has 16 heavy (non-hydrogen) atoms. The Labute approximate surface area is 96.4 Å². The van der Waals surface area contributed by atoms with Gasteiger partial charge in [-0.05, 0) is 25.3 Å². The third-order valence-corrected chi connectivity index (χ3v) is 3.47. The van der Waals surface area contributed by atoms with E-state index in [1.165, 1.54) is 0 Å². The molecule has 1 fully saturated rings. The number of ether oxygens (including phenoxy) is 1. The van der Waals surface area contributed by atoms with Gasteiger partial charge < -0.3 is 4.74 Å². The molecule has 1 saturated heterocycles. The van der Waals surface area contributed by atoms with Gasteiger partial charge in [-0.2, -0.15) is 0 Å². The molecule has 1 heterocycles. The van der Waals surface area contributed by atoms with Crippen LogP contribution in [0.2, 0.25) is 0 Å². The molecule has 2 atom stereocenters. The van der Waals surface area contributed by atoms with Crippen LogP contribution < -0.4 is 0 Å². The first-order valence-corrected chi connectivity index (χ1v) is 5.58. The molecule has 2 nitrogen and oxygen atoms in total. The molecule has 0 aromatic rings. The SMILES string of the molecule is C#CC[C@@]12CC[C@@H](C(=C)C)OC1=CC(=O)C2. The van der Waals surface area contributed by atoms with Crippen LogP contribution in [-0.4, -0.2) is 11.9 Å². The topological polar surface area (TPSA) is 26.3 Å². The number of hydrogen-bond donors (Lipinski definition) is 0. The molecule has 2 rings (SSSR count). The summed E-state index contributed by atoms with van der Waals surface area (Å²) in [6.07, 6.45) is 9.98. The van der Waals surface area contributed by atoms with Crippen LogP contribution in [0.15, 0.2) is 24.0 Å². The van der Waals surface area contributed by atoms with Crippen LogP contribution in [0.4, 0.5) is 0 Å². The molecule has 0 unspecified atom stereocenters. The highest BCUT2D eigenvalue weighted by atomic mass is 16.5. The molecular formula is C14H16O2. The van der Waals surface area contributed by atoms with Crippen molar-refractivity contribution in [2.24, 2.45) is 5.41 Å². The monoisotopic (exact) mass is 216 g/mol. The third-order valence-electron chi connectivity index (χ3n) is 3.47. The number of rotatable bonds is 2. The number of terminal acetylenes is 1. The number of allylic oxidation sites excluding steroid dienone is 2. The highest BCUT2D eigenvalue weighted by Crippen LogP contribution is 2.49. The van der Waals surface area contributed by atoms with Crippen LogP contribution in [0, 0.1) is 17.8 Å². The van der Waals surface area contributed by atoms with E-state index in [0.29, 0.717) is 12.8 Å². The number of carbonyl (C=O) groups excluding carboxylic acids is 1. The van der Waals surface area contributed by atoms with Crippen molar-refractivity contribution in [1.29, 1.82) is 0 Å². The van der Waals surface area contributed by atoms with Gasteiger partial charge in [0.2, 0.25) is 0 Å². The lowest BCUT2D eigenvalue weighted by Gasteiger charge is -2.38. The maximum atomic E-state index is 11.5. The summed E-state index contributed by atoms with van der Waals surface area (Å²) in [5, 5.41) is 0. The largest absolute Gasteiger partial charge is 0.490 e. The molecule has 0 amide bonds. The van der Waals surface area contributed by atoms with E-state index in [2.05, 4.69) is 12.5 Å². The summed E-state index contributed by atoms with van der Waals surface area (Å²) >= 11 is 0. The van der Waals surface area contributed by atoms with E-state index in [1.54, 1.807) is 6.08 Å². The van der Waals surface area contributed by atoms with E-state index < -0.39 is 0 Å². The van der Waals surface area contributed by atoms with Crippen LogP contribution in [-0.2, 0) is 9.53 Å². The minimum absolute atomic E-state index is 0.0445. The fourth-order valence-corrected chi connectivity index (χ4v) is 2.54. The summed E-state index contributed by atoms with van der Waals surface area (Å²) in [6, 6.07) is 0. The zero-order chi connectivity index (χ0) is 11.8. The Hall–Kier alpha value is -1.49. The number of fused-ring (bicyclic) bond motifs is 1. The van der Waals surface area contributed by atoms with Gasteiger partial charge in [-0.15, -0.1) is 12.3 Å². The van der Waals surface area contributed by atoms with Crippen LogP contribution in [0.5, 0.6) is 0 Å². The maximum absolute atomic E-state index is 11.5. The molecule has 0 radical (unpaired) electrons. The van der Waals surface area contributed by atoms with E-state index >= 15 is 0 Å². The molecule has 0 aromatic carbocycles. The van der Waals surface area contributed by atoms with Crippen molar-refractivity contribution < 1.29 is 9.53 Å². The highest BCUT2D eigenvalue weighted by molar-refractivity contribution is 5.94. The van der Waals surface area contributed by atoms with Crippen molar-refractivity contribution >= 4 is 5.78 Å². The minimum atomic E-state index is -0.211. The van der Waals surface area contributed by atoms with E-state index in [0.717, 1.165) is 24.2 Å². The third kappa shape index (κ3) is 1.67. The van der Waals surface area contributed by atoms with Crippen LogP contribution >= 0.6 is 0 Å². The smallest absolute Gasteiger partial charge is 0.160 e. The van der Waals surface area contributed by atoms with Gasteiger partial charge in [-0.3, -0.25) is 4.79 Å². The quantitative estimate of drug-likeness (QED) is 0.524. The van der Waals surface area contributed by atoms with Crippen molar-refractivity contribution in [1.82, 2.24) is 0 Å². The lowest BCUT2D eigenvalue weighted by molar-refractivity contribution is -0.115. The van der Waals surface area contributed by atoms with Crippen LogP contribution in [0.25, 0.3) is 0 Å². The van der Waals surface area contributed by atoms with Crippen LogP contribution in [0.1, 0.15) is 32.6 Å². The van der Waals surface area contributed by atoms with E-state index in [9.17, 15) is 4.79 Å². The summed E-state index contributed by atoms with van der Waals surface area (Å²) in [6.45, 7) is 5.86. The minimum Gasteiger partial charge on any atom is -0.490 e. The van der Waals surface area contributed by atoms with Crippen molar-refractivity contribution in [2.75, 3.05) is 0 Å². The van der Waals surface area contributed by atoms with E-state index in [4.69, 9.17) is 11.2 Å². The summed E-state index contributed by atoms with van der Waals surface area (Å²) in [7, 11) is 0. The molecule has 1 aliphatic carbocycles. The summed E-state index contributed by atoms with van der Waals surface area (Å²) < 4.78 is 5.84. The normalized spacial score (nSPS) is 32.4. The Morgan fingerprint density at radius 3 is 3.19 bits per heavy atom. The van der Waals surface area contributed by atoms with Gasteiger partial charge in [0.25, 0.3) is 0 Å². The Bertz CT molecular complexity index is 411. The first-order chi connectivity index (χ1) is 7.57. The van der Waals surface area contributed by atoms with Gasteiger partial charge in [-0.25, -0.2) is 0 Å². The molecular weight excluding hydrogens is 200 g/mol. The second kappa shape index (κ2) is 3.83. The fraction of sp³-hybridized carbons (Fsp3) is 0.500. The van der Waals surface area contributed by atoms with Crippen molar-refractivity contribution in [3.8, 4) is 12.3 Å². The van der Waals surface area contributed by atoms with Gasteiger partial charge >= 0.3 is 0 Å². The van der Waals surface area contributed by atoms with Crippen LogP contribution in [0.3, 0.4) is 0 Å². The van der Waals surface area contributed by atoms with Gasteiger partial charge in [-0.1, -0.05) is 6.58 Å².